The monoisotopic (exact) mass is 251 g/mol. The minimum absolute atomic E-state index is 0.383. The summed E-state index contributed by atoms with van der Waals surface area (Å²) in [5.41, 5.74) is 2.18. The van der Waals surface area contributed by atoms with E-state index in [9.17, 15) is 4.79 Å². The van der Waals surface area contributed by atoms with Crippen LogP contribution in [-0.2, 0) is 4.79 Å². The van der Waals surface area contributed by atoms with Crippen LogP contribution in [0.25, 0.3) is 6.08 Å². The first-order valence-electron chi connectivity index (χ1n) is 5.71. The Labute approximate surface area is 105 Å². The molecule has 0 saturated heterocycles. The van der Waals surface area contributed by atoms with Crippen LogP contribution in [0.4, 0.5) is 0 Å². The van der Waals surface area contributed by atoms with Crippen molar-refractivity contribution < 1.29 is 9.90 Å². The van der Waals surface area contributed by atoms with E-state index in [1.54, 1.807) is 12.1 Å². The Kier molecular flexibility index (Phi) is 3.48. The summed E-state index contributed by atoms with van der Waals surface area (Å²) in [4.78, 5) is 15.2. The predicted octanol–water partition coefficient (Wildman–Crippen LogP) is 3.49. The van der Waals surface area contributed by atoms with Gasteiger partial charge in [0.25, 0.3) is 0 Å². The third-order valence-corrected chi connectivity index (χ3v) is 3.02. The molecule has 0 radical (unpaired) electrons. The second-order valence-corrected chi connectivity index (χ2v) is 4.64. The topological polar surface area (TPSA) is 50.2 Å². The first-order valence-corrected chi connectivity index (χ1v) is 6.09. The Morgan fingerprint density at radius 2 is 2.29 bits per heavy atom. The quantitative estimate of drug-likeness (QED) is 0.658. The molecule has 0 aliphatic heterocycles. The lowest BCUT2D eigenvalue weighted by Gasteiger charge is -2.03. The van der Waals surface area contributed by atoms with E-state index in [0.717, 1.165) is 24.1 Å². The number of carboxylic acids is 1. The van der Waals surface area contributed by atoms with E-state index in [2.05, 4.69) is 4.98 Å². The maximum atomic E-state index is 10.9. The minimum Gasteiger partial charge on any atom is -0.478 e. The molecule has 0 amide bonds. The number of hydrogen-bond donors (Lipinski definition) is 1. The second kappa shape index (κ2) is 4.88. The van der Waals surface area contributed by atoms with Gasteiger partial charge in [0.1, 0.15) is 5.15 Å². The van der Waals surface area contributed by atoms with E-state index in [-0.39, 0.29) is 0 Å². The van der Waals surface area contributed by atoms with Gasteiger partial charge in [-0.05, 0) is 43.0 Å². The molecule has 0 atom stereocenters. The Balaban J connectivity index is 2.34. The zero-order chi connectivity index (χ0) is 12.4. The van der Waals surface area contributed by atoms with E-state index in [0.29, 0.717) is 23.1 Å². The minimum atomic E-state index is -0.881. The number of carbonyl (C=O) groups is 1. The summed E-state index contributed by atoms with van der Waals surface area (Å²) in [7, 11) is 0. The zero-order valence-electron chi connectivity index (χ0n) is 9.61. The molecular weight excluding hydrogens is 238 g/mol. The van der Waals surface area contributed by atoms with E-state index in [1.807, 2.05) is 13.0 Å². The Bertz CT molecular complexity index is 478. The summed E-state index contributed by atoms with van der Waals surface area (Å²) in [5.74, 6) is -0.371. The molecule has 1 aromatic heterocycles. The molecule has 1 saturated carbocycles. The van der Waals surface area contributed by atoms with Crippen molar-refractivity contribution in [2.24, 2.45) is 0 Å². The molecule has 0 spiro atoms. The SMILES string of the molecule is CCC(=Cc1cc(Cl)nc(C2CC2)c1)C(=O)O. The van der Waals surface area contributed by atoms with Crippen molar-refractivity contribution in [3.8, 4) is 0 Å². The van der Waals surface area contributed by atoms with Gasteiger partial charge in [-0.3, -0.25) is 0 Å². The zero-order valence-corrected chi connectivity index (χ0v) is 10.4. The lowest BCUT2D eigenvalue weighted by Crippen LogP contribution is -1.99. The number of carboxylic acid groups (broad SMARTS) is 1. The van der Waals surface area contributed by atoms with E-state index < -0.39 is 5.97 Å². The molecule has 1 aliphatic carbocycles. The summed E-state index contributed by atoms with van der Waals surface area (Å²) < 4.78 is 0. The van der Waals surface area contributed by atoms with Crippen LogP contribution in [0.1, 0.15) is 43.4 Å². The smallest absolute Gasteiger partial charge is 0.331 e. The van der Waals surface area contributed by atoms with Crippen molar-refractivity contribution in [1.82, 2.24) is 4.98 Å². The van der Waals surface area contributed by atoms with Crippen molar-refractivity contribution >= 4 is 23.6 Å². The van der Waals surface area contributed by atoms with Crippen LogP contribution >= 0.6 is 11.6 Å². The number of halogens is 1. The van der Waals surface area contributed by atoms with Crippen molar-refractivity contribution in [3.05, 3.63) is 34.1 Å². The molecule has 1 fully saturated rings. The molecule has 1 aromatic rings. The molecule has 1 heterocycles. The Morgan fingerprint density at radius 1 is 1.59 bits per heavy atom. The van der Waals surface area contributed by atoms with Gasteiger partial charge in [0.05, 0.1) is 0 Å². The largest absolute Gasteiger partial charge is 0.478 e. The number of aliphatic carboxylic acids is 1. The fraction of sp³-hybridized carbons (Fsp3) is 0.385. The fourth-order valence-corrected chi connectivity index (χ4v) is 1.95. The van der Waals surface area contributed by atoms with Crippen molar-refractivity contribution in [3.63, 3.8) is 0 Å². The summed E-state index contributed by atoms with van der Waals surface area (Å²) in [5, 5.41) is 9.41. The van der Waals surface area contributed by atoms with Gasteiger partial charge in [-0.1, -0.05) is 18.5 Å². The highest BCUT2D eigenvalue weighted by atomic mass is 35.5. The number of nitrogens with zero attached hydrogens (tertiary/aromatic N) is 1. The Hall–Kier alpha value is -1.35. The highest BCUT2D eigenvalue weighted by Crippen LogP contribution is 2.39. The van der Waals surface area contributed by atoms with Crippen LogP contribution in [0.5, 0.6) is 0 Å². The van der Waals surface area contributed by atoms with Gasteiger partial charge in [-0.15, -0.1) is 0 Å². The molecule has 4 heteroatoms. The molecule has 1 aliphatic rings. The summed E-state index contributed by atoms with van der Waals surface area (Å²) in [6.45, 7) is 1.82. The number of aromatic nitrogens is 1. The van der Waals surface area contributed by atoms with Gasteiger partial charge in [-0.25, -0.2) is 9.78 Å². The average molecular weight is 252 g/mol. The van der Waals surface area contributed by atoms with Crippen LogP contribution in [-0.4, -0.2) is 16.1 Å². The molecule has 2 rings (SSSR count). The van der Waals surface area contributed by atoms with Gasteiger partial charge in [0.2, 0.25) is 0 Å². The lowest BCUT2D eigenvalue weighted by atomic mass is 10.1. The third-order valence-electron chi connectivity index (χ3n) is 2.83. The van der Waals surface area contributed by atoms with Crippen molar-refractivity contribution in [1.29, 1.82) is 0 Å². The summed E-state index contributed by atoms with van der Waals surface area (Å²) in [6.07, 6.45) is 4.46. The number of rotatable bonds is 4. The highest BCUT2D eigenvalue weighted by Gasteiger charge is 2.25. The highest BCUT2D eigenvalue weighted by molar-refractivity contribution is 6.29. The van der Waals surface area contributed by atoms with Crippen molar-refractivity contribution in [2.75, 3.05) is 0 Å². The molecule has 0 aromatic carbocycles. The van der Waals surface area contributed by atoms with Crippen molar-refractivity contribution in [2.45, 2.75) is 32.1 Å². The first kappa shape index (κ1) is 12.1. The van der Waals surface area contributed by atoms with Crippen LogP contribution in [0.15, 0.2) is 17.7 Å². The average Bonchev–Trinajstić information content (AvgIpc) is 3.08. The van der Waals surface area contributed by atoms with Gasteiger partial charge < -0.3 is 5.11 Å². The fourth-order valence-electron chi connectivity index (χ4n) is 1.73. The van der Waals surface area contributed by atoms with Gasteiger partial charge in [0, 0.05) is 17.2 Å². The van der Waals surface area contributed by atoms with E-state index in [4.69, 9.17) is 16.7 Å². The Morgan fingerprint density at radius 3 is 2.82 bits per heavy atom. The van der Waals surface area contributed by atoms with Gasteiger partial charge >= 0.3 is 5.97 Å². The van der Waals surface area contributed by atoms with Gasteiger partial charge in [-0.2, -0.15) is 0 Å². The molecule has 17 heavy (non-hydrogen) atoms. The lowest BCUT2D eigenvalue weighted by molar-refractivity contribution is -0.132. The van der Waals surface area contributed by atoms with E-state index in [1.165, 1.54) is 0 Å². The van der Waals surface area contributed by atoms with Crippen LogP contribution in [0.2, 0.25) is 5.15 Å². The first-order chi connectivity index (χ1) is 8.10. The molecule has 3 nitrogen and oxygen atoms in total. The normalized spacial score (nSPS) is 16.0. The summed E-state index contributed by atoms with van der Waals surface area (Å²) >= 11 is 5.94. The molecular formula is C13H14ClNO2. The molecule has 0 unspecified atom stereocenters. The number of hydrogen-bond acceptors (Lipinski definition) is 2. The number of pyridine rings is 1. The van der Waals surface area contributed by atoms with Crippen LogP contribution < -0.4 is 0 Å². The van der Waals surface area contributed by atoms with Crippen LogP contribution in [0.3, 0.4) is 0 Å². The third kappa shape index (κ3) is 3.07. The standard InChI is InChI=1S/C13H14ClNO2/c1-2-9(13(16)17)5-8-6-11(10-3-4-10)15-12(14)7-8/h5-7,10H,2-4H2,1H3,(H,16,17). The van der Waals surface area contributed by atoms with Crippen LogP contribution in [0, 0.1) is 0 Å². The molecule has 1 N–H and O–H groups in total. The van der Waals surface area contributed by atoms with Gasteiger partial charge in [0.15, 0.2) is 0 Å². The molecule has 0 bridgehead atoms. The second-order valence-electron chi connectivity index (χ2n) is 4.25. The summed E-state index contributed by atoms with van der Waals surface area (Å²) in [6, 6.07) is 3.63. The maximum Gasteiger partial charge on any atom is 0.331 e. The predicted molar refractivity (Wildman–Crippen MR) is 67.1 cm³/mol. The maximum absolute atomic E-state index is 10.9. The molecule has 90 valence electrons. The van der Waals surface area contributed by atoms with E-state index >= 15 is 0 Å².